The van der Waals surface area contributed by atoms with Crippen LogP contribution in [-0.4, -0.2) is 28.1 Å². The van der Waals surface area contributed by atoms with Gasteiger partial charge in [-0.05, 0) is 43.8 Å². The first kappa shape index (κ1) is 16.8. The minimum atomic E-state index is -0.963. The van der Waals surface area contributed by atoms with Gasteiger partial charge < -0.3 is 9.47 Å². The van der Waals surface area contributed by atoms with Crippen molar-refractivity contribution in [2.45, 2.75) is 32.6 Å². The molecule has 0 bridgehead atoms. The van der Waals surface area contributed by atoms with Crippen LogP contribution in [0, 0.1) is 5.92 Å². The zero-order valence-corrected chi connectivity index (χ0v) is 14.7. The molecule has 96 valence electrons. The molecular weight excluding hydrogens is 352 g/mol. The Labute approximate surface area is 117 Å². The highest BCUT2D eigenvalue weighted by molar-refractivity contribution is 9.28. The molecule has 16 heavy (non-hydrogen) atoms. The van der Waals surface area contributed by atoms with Gasteiger partial charge in [0.2, 0.25) is 0 Å². The minimum absolute atomic E-state index is 0.384. The van der Waals surface area contributed by atoms with Crippen LogP contribution in [0.25, 0.3) is 0 Å². The molecule has 0 aromatic carbocycles. The standard InChI is InChI=1S/C11H22Br2O2Si/c1-10(7-11(12)13)8-15-9-14-5-6-16(2,3)4/h7,10H,5-6,8-9H2,1-4H3/t10-/m0/s1. The predicted octanol–water partition coefficient (Wildman–Crippen LogP) is 4.58. The maximum absolute atomic E-state index is 5.43. The molecular formula is C11H22Br2O2Si. The molecule has 0 aromatic heterocycles. The van der Waals surface area contributed by atoms with Crippen molar-refractivity contribution in [1.82, 2.24) is 0 Å². The number of ether oxygens (including phenoxy) is 2. The molecule has 0 amide bonds. The molecule has 0 fully saturated rings. The van der Waals surface area contributed by atoms with Gasteiger partial charge in [-0.15, -0.1) is 0 Å². The summed E-state index contributed by atoms with van der Waals surface area (Å²) in [7, 11) is -0.963. The largest absolute Gasteiger partial charge is 0.356 e. The van der Waals surface area contributed by atoms with Gasteiger partial charge in [-0.25, -0.2) is 0 Å². The van der Waals surface area contributed by atoms with E-state index >= 15 is 0 Å². The van der Waals surface area contributed by atoms with E-state index in [1.807, 2.05) is 0 Å². The third kappa shape index (κ3) is 12.9. The van der Waals surface area contributed by atoms with Gasteiger partial charge in [-0.2, -0.15) is 0 Å². The third-order valence-corrected chi connectivity index (χ3v) is 4.19. The summed E-state index contributed by atoms with van der Waals surface area (Å²) in [4.78, 5) is 0. The maximum atomic E-state index is 5.43. The van der Waals surface area contributed by atoms with E-state index in [0.29, 0.717) is 19.3 Å². The molecule has 0 unspecified atom stereocenters. The van der Waals surface area contributed by atoms with Crippen LogP contribution in [0.15, 0.2) is 9.47 Å². The fourth-order valence-corrected chi connectivity index (χ4v) is 2.65. The average Bonchev–Trinajstić information content (AvgIpc) is 2.07. The van der Waals surface area contributed by atoms with Crippen LogP contribution in [-0.2, 0) is 9.47 Å². The van der Waals surface area contributed by atoms with Gasteiger partial charge in [0, 0.05) is 14.7 Å². The predicted molar refractivity (Wildman–Crippen MR) is 80.0 cm³/mol. The Kier molecular flexibility index (Phi) is 9.32. The Morgan fingerprint density at radius 2 is 1.88 bits per heavy atom. The first-order valence-electron chi connectivity index (χ1n) is 5.49. The SMILES string of the molecule is C[C@@H](C=C(Br)Br)COCOCC[Si](C)(C)C. The van der Waals surface area contributed by atoms with Crippen LogP contribution >= 0.6 is 31.9 Å². The number of rotatable bonds is 8. The van der Waals surface area contributed by atoms with Gasteiger partial charge >= 0.3 is 0 Å². The molecule has 0 aliphatic heterocycles. The molecule has 0 rings (SSSR count). The topological polar surface area (TPSA) is 18.5 Å². The summed E-state index contributed by atoms with van der Waals surface area (Å²) in [6.45, 7) is 11.1. The Hall–Kier alpha value is 0.837. The molecule has 0 aliphatic rings. The summed E-state index contributed by atoms with van der Waals surface area (Å²) in [6.07, 6.45) is 2.06. The third-order valence-electron chi connectivity index (χ3n) is 1.95. The molecule has 0 spiro atoms. The molecule has 2 nitrogen and oxygen atoms in total. The first-order valence-corrected chi connectivity index (χ1v) is 10.8. The number of hydrogen-bond donors (Lipinski definition) is 0. The fraction of sp³-hybridized carbons (Fsp3) is 0.818. The van der Waals surface area contributed by atoms with Crippen LogP contribution in [0.3, 0.4) is 0 Å². The Morgan fingerprint density at radius 3 is 2.38 bits per heavy atom. The Morgan fingerprint density at radius 1 is 1.25 bits per heavy atom. The van der Waals surface area contributed by atoms with Crippen molar-refractivity contribution in [3.05, 3.63) is 9.47 Å². The second-order valence-electron chi connectivity index (χ2n) is 5.14. The van der Waals surface area contributed by atoms with Gasteiger partial charge in [0.1, 0.15) is 6.79 Å². The molecule has 0 saturated heterocycles. The zero-order chi connectivity index (χ0) is 12.6. The van der Waals surface area contributed by atoms with Crippen molar-refractivity contribution >= 4 is 39.9 Å². The molecule has 0 aromatic rings. The maximum Gasteiger partial charge on any atom is 0.146 e. The second kappa shape index (κ2) is 8.86. The molecule has 0 heterocycles. The van der Waals surface area contributed by atoms with Crippen LogP contribution in [0.1, 0.15) is 6.92 Å². The normalized spacial score (nSPS) is 13.6. The van der Waals surface area contributed by atoms with E-state index in [-0.39, 0.29) is 0 Å². The van der Waals surface area contributed by atoms with E-state index < -0.39 is 8.07 Å². The lowest BCUT2D eigenvalue weighted by atomic mass is 10.2. The van der Waals surface area contributed by atoms with Crippen molar-refractivity contribution in [2.75, 3.05) is 20.0 Å². The van der Waals surface area contributed by atoms with Gasteiger partial charge in [-0.1, -0.05) is 32.6 Å². The van der Waals surface area contributed by atoms with E-state index in [1.165, 1.54) is 6.04 Å². The van der Waals surface area contributed by atoms with Crippen molar-refractivity contribution in [3.63, 3.8) is 0 Å². The van der Waals surface area contributed by atoms with E-state index in [4.69, 9.17) is 9.47 Å². The molecule has 1 atom stereocenters. The number of hydrogen-bond acceptors (Lipinski definition) is 2. The Bertz CT molecular complexity index is 211. The summed E-state index contributed by atoms with van der Waals surface area (Å²) in [5, 5.41) is 0. The van der Waals surface area contributed by atoms with Crippen LogP contribution in [0.2, 0.25) is 25.7 Å². The van der Waals surface area contributed by atoms with Gasteiger partial charge in [0.05, 0.1) is 10.00 Å². The van der Waals surface area contributed by atoms with Crippen LogP contribution in [0.5, 0.6) is 0 Å². The molecule has 5 heteroatoms. The average molecular weight is 374 g/mol. The summed E-state index contributed by atoms with van der Waals surface area (Å²) < 4.78 is 11.8. The van der Waals surface area contributed by atoms with E-state index in [9.17, 15) is 0 Å². The second-order valence-corrected chi connectivity index (χ2v) is 13.5. The first-order chi connectivity index (χ1) is 7.31. The smallest absolute Gasteiger partial charge is 0.146 e. The zero-order valence-electron chi connectivity index (χ0n) is 10.6. The summed E-state index contributed by atoms with van der Waals surface area (Å²) >= 11 is 6.65. The molecule has 0 radical (unpaired) electrons. The highest BCUT2D eigenvalue weighted by Crippen LogP contribution is 2.16. The minimum Gasteiger partial charge on any atom is -0.356 e. The number of halogens is 2. The van der Waals surface area contributed by atoms with Gasteiger partial charge in [0.25, 0.3) is 0 Å². The molecule has 0 aliphatic carbocycles. The highest BCUT2D eigenvalue weighted by Gasteiger charge is 2.11. The van der Waals surface area contributed by atoms with Crippen molar-refractivity contribution in [2.24, 2.45) is 5.92 Å². The Balaban J connectivity index is 3.37. The summed E-state index contributed by atoms with van der Waals surface area (Å²) in [5.74, 6) is 0.384. The molecule has 0 N–H and O–H groups in total. The van der Waals surface area contributed by atoms with Gasteiger partial charge in [-0.3, -0.25) is 0 Å². The van der Waals surface area contributed by atoms with E-state index in [0.717, 1.165) is 10.00 Å². The monoisotopic (exact) mass is 372 g/mol. The van der Waals surface area contributed by atoms with Crippen LogP contribution < -0.4 is 0 Å². The lowest BCUT2D eigenvalue weighted by Gasteiger charge is -2.15. The summed E-state index contributed by atoms with van der Waals surface area (Å²) in [5.41, 5.74) is 0. The van der Waals surface area contributed by atoms with Gasteiger partial charge in [0.15, 0.2) is 0 Å². The lowest BCUT2D eigenvalue weighted by molar-refractivity contribution is -0.0552. The van der Waals surface area contributed by atoms with Crippen LogP contribution in [0.4, 0.5) is 0 Å². The highest BCUT2D eigenvalue weighted by atomic mass is 79.9. The van der Waals surface area contributed by atoms with E-state index in [2.05, 4.69) is 64.5 Å². The van der Waals surface area contributed by atoms with Crippen molar-refractivity contribution < 1.29 is 9.47 Å². The van der Waals surface area contributed by atoms with Crippen molar-refractivity contribution in [1.29, 1.82) is 0 Å². The van der Waals surface area contributed by atoms with Crippen molar-refractivity contribution in [3.8, 4) is 0 Å². The summed E-state index contributed by atoms with van der Waals surface area (Å²) in [6, 6.07) is 1.19. The fourth-order valence-electron chi connectivity index (χ4n) is 0.993. The van der Waals surface area contributed by atoms with E-state index in [1.54, 1.807) is 0 Å². The quantitative estimate of drug-likeness (QED) is 0.352. The molecule has 0 saturated carbocycles. The lowest BCUT2D eigenvalue weighted by Crippen LogP contribution is -2.22.